The molecule has 172 valence electrons. The summed E-state index contributed by atoms with van der Waals surface area (Å²) in [6, 6.07) is 22.0. The van der Waals surface area contributed by atoms with Crippen LogP contribution < -0.4 is 9.92 Å². The number of amides is 1. The number of likely N-dealkylation sites (N-methyl/N-ethyl adjacent to an activating group) is 1. The molecule has 1 aromatic heterocycles. The van der Waals surface area contributed by atoms with Gasteiger partial charge in [0.05, 0.1) is 6.26 Å². The van der Waals surface area contributed by atoms with Gasteiger partial charge < -0.3 is 14.9 Å². The van der Waals surface area contributed by atoms with Crippen molar-refractivity contribution >= 4 is 32.9 Å². The highest BCUT2D eigenvalue weighted by atomic mass is 32.2. The van der Waals surface area contributed by atoms with Gasteiger partial charge in [0.1, 0.15) is 5.75 Å². The van der Waals surface area contributed by atoms with Crippen LogP contribution in [0.4, 0.5) is 0 Å². The molecule has 5 rings (SSSR count). The summed E-state index contributed by atoms with van der Waals surface area (Å²) >= 11 is 0. The quantitative estimate of drug-likeness (QED) is 0.431. The number of benzene rings is 3. The number of nitrogens with one attached hydrogen (secondary N) is 1. The van der Waals surface area contributed by atoms with Crippen LogP contribution in [0.2, 0.25) is 0 Å². The van der Waals surface area contributed by atoms with E-state index in [1.54, 1.807) is 19.2 Å². The molecule has 0 bridgehead atoms. The third-order valence-electron chi connectivity index (χ3n) is 5.93. The van der Waals surface area contributed by atoms with Gasteiger partial charge in [0.2, 0.25) is 0 Å². The molecule has 0 radical (unpaired) electrons. The predicted molar refractivity (Wildman–Crippen MR) is 131 cm³/mol. The molecule has 9 heteroatoms. The Hall–Kier alpha value is -4.11. The van der Waals surface area contributed by atoms with E-state index in [0.29, 0.717) is 11.1 Å². The van der Waals surface area contributed by atoms with E-state index in [-0.39, 0.29) is 17.6 Å². The molecule has 0 saturated heterocycles. The van der Waals surface area contributed by atoms with E-state index >= 15 is 0 Å². The Morgan fingerprint density at radius 2 is 1.71 bits per heavy atom. The maximum Gasteiger partial charge on any atom is 0.306 e. The number of guanidine groups is 1. The molecule has 1 aliphatic rings. The summed E-state index contributed by atoms with van der Waals surface area (Å²) in [6.07, 6.45) is 2.86. The van der Waals surface area contributed by atoms with Gasteiger partial charge in [-0.2, -0.15) is 8.42 Å². The smallest absolute Gasteiger partial charge is 0.306 e. The lowest BCUT2D eigenvalue weighted by atomic mass is 9.81. The van der Waals surface area contributed by atoms with Crippen molar-refractivity contribution in [3.05, 3.63) is 90.1 Å². The number of nitrogens with two attached hydrogens (primary N) is 1. The second-order valence-electron chi connectivity index (χ2n) is 8.22. The van der Waals surface area contributed by atoms with E-state index in [4.69, 9.17) is 9.92 Å². The van der Waals surface area contributed by atoms with E-state index in [1.165, 1.54) is 17.0 Å². The van der Waals surface area contributed by atoms with Crippen LogP contribution in [0.5, 0.6) is 5.75 Å². The van der Waals surface area contributed by atoms with Crippen LogP contribution in [0.15, 0.2) is 84.0 Å². The second-order valence-corrected chi connectivity index (χ2v) is 9.79. The summed E-state index contributed by atoms with van der Waals surface area (Å²) < 4.78 is 27.9. The standard InChI is InChI=1S/C25H22N4O4S/c1-29-23(30)25(28-24(29)26,19-7-9-21(10-8-19)33-34(2,31)32)20-5-3-4-16(15-20)17-6-11-22-18(14-17)12-13-27-22/h3-15,27H,1-2H3,(H2,26,28). The van der Waals surface area contributed by atoms with Crippen LogP contribution in [0, 0.1) is 0 Å². The highest BCUT2D eigenvalue weighted by molar-refractivity contribution is 7.86. The molecule has 0 aliphatic carbocycles. The number of carbonyl (C=O) groups excluding carboxylic acids is 1. The molecule has 0 spiro atoms. The molecule has 8 nitrogen and oxygen atoms in total. The molecule has 4 aromatic rings. The van der Waals surface area contributed by atoms with Crippen LogP contribution in [0.25, 0.3) is 22.0 Å². The molecule has 1 unspecified atom stereocenters. The first-order chi connectivity index (χ1) is 16.2. The summed E-state index contributed by atoms with van der Waals surface area (Å²) in [7, 11) is -2.10. The van der Waals surface area contributed by atoms with Crippen molar-refractivity contribution in [2.24, 2.45) is 10.7 Å². The molecule has 1 amide bonds. The van der Waals surface area contributed by atoms with Crippen molar-refractivity contribution in [2.45, 2.75) is 5.54 Å². The molecule has 1 atom stereocenters. The lowest BCUT2D eigenvalue weighted by molar-refractivity contribution is -0.129. The van der Waals surface area contributed by atoms with Crippen LogP contribution in [0.1, 0.15) is 11.1 Å². The molecule has 0 fully saturated rings. The number of hydrogen-bond donors (Lipinski definition) is 2. The number of aromatic amines is 1. The summed E-state index contributed by atoms with van der Waals surface area (Å²) in [6.45, 7) is 0. The Balaban J connectivity index is 1.64. The largest absolute Gasteiger partial charge is 0.383 e. The number of carbonyl (C=O) groups is 1. The Bertz CT molecular complexity index is 1560. The summed E-state index contributed by atoms with van der Waals surface area (Å²) in [5.74, 6) is -0.0636. The minimum Gasteiger partial charge on any atom is -0.383 e. The third kappa shape index (κ3) is 3.60. The minimum absolute atomic E-state index is 0.0978. The fourth-order valence-corrected chi connectivity index (χ4v) is 4.73. The molecule has 0 saturated carbocycles. The summed E-state index contributed by atoms with van der Waals surface area (Å²) in [4.78, 5) is 22.7. The first-order valence-electron chi connectivity index (χ1n) is 10.5. The number of nitrogens with zero attached hydrogens (tertiary/aromatic N) is 2. The zero-order valence-corrected chi connectivity index (χ0v) is 19.3. The normalized spacial score (nSPS) is 18.4. The van der Waals surface area contributed by atoms with Crippen molar-refractivity contribution in [3.63, 3.8) is 0 Å². The molecular formula is C25H22N4O4S. The van der Waals surface area contributed by atoms with E-state index in [9.17, 15) is 13.2 Å². The summed E-state index contributed by atoms with van der Waals surface area (Å²) in [5.41, 5.74) is 8.83. The Morgan fingerprint density at radius 3 is 2.38 bits per heavy atom. The molecule has 2 heterocycles. The maximum absolute atomic E-state index is 13.5. The number of H-pyrrole nitrogens is 1. The number of aliphatic imine (C=N–C) groups is 1. The fourth-order valence-electron chi connectivity index (χ4n) is 4.27. The van der Waals surface area contributed by atoms with Gasteiger partial charge in [-0.05, 0) is 64.0 Å². The van der Waals surface area contributed by atoms with Crippen LogP contribution in [-0.2, 0) is 20.5 Å². The fraction of sp³-hybridized carbons (Fsp3) is 0.120. The van der Waals surface area contributed by atoms with Gasteiger partial charge in [-0.15, -0.1) is 0 Å². The lowest BCUT2D eigenvalue weighted by Gasteiger charge is -2.26. The minimum atomic E-state index is -3.68. The van der Waals surface area contributed by atoms with Crippen molar-refractivity contribution in [1.82, 2.24) is 9.88 Å². The average Bonchev–Trinajstić information content (AvgIpc) is 3.37. The topological polar surface area (TPSA) is 118 Å². The number of hydrogen-bond acceptors (Lipinski definition) is 6. The summed E-state index contributed by atoms with van der Waals surface area (Å²) in [5, 5.41) is 1.08. The first kappa shape index (κ1) is 21.7. The molecular weight excluding hydrogens is 452 g/mol. The Labute approximate surface area is 196 Å². The number of aromatic nitrogens is 1. The molecule has 3 aromatic carbocycles. The van der Waals surface area contributed by atoms with Crippen molar-refractivity contribution in [3.8, 4) is 16.9 Å². The van der Waals surface area contributed by atoms with E-state index < -0.39 is 15.7 Å². The van der Waals surface area contributed by atoms with Gasteiger partial charge in [0, 0.05) is 18.8 Å². The van der Waals surface area contributed by atoms with Crippen molar-refractivity contribution in [2.75, 3.05) is 13.3 Å². The Kier molecular flexibility index (Phi) is 4.94. The van der Waals surface area contributed by atoms with Gasteiger partial charge in [0.15, 0.2) is 11.5 Å². The highest BCUT2D eigenvalue weighted by Crippen LogP contribution is 2.41. The number of rotatable bonds is 5. The van der Waals surface area contributed by atoms with Crippen LogP contribution in [-0.4, -0.2) is 43.5 Å². The average molecular weight is 475 g/mol. The third-order valence-corrected chi connectivity index (χ3v) is 6.42. The highest BCUT2D eigenvalue weighted by Gasteiger charge is 2.49. The zero-order chi connectivity index (χ0) is 24.1. The lowest BCUT2D eigenvalue weighted by Crippen LogP contribution is -2.41. The maximum atomic E-state index is 13.5. The predicted octanol–water partition coefficient (Wildman–Crippen LogP) is 3.20. The van der Waals surface area contributed by atoms with Crippen molar-refractivity contribution in [1.29, 1.82) is 0 Å². The van der Waals surface area contributed by atoms with Gasteiger partial charge in [-0.1, -0.05) is 36.4 Å². The van der Waals surface area contributed by atoms with Gasteiger partial charge >= 0.3 is 10.1 Å². The van der Waals surface area contributed by atoms with E-state index in [2.05, 4.69) is 16.0 Å². The van der Waals surface area contributed by atoms with Crippen LogP contribution in [0.3, 0.4) is 0 Å². The molecule has 1 aliphatic heterocycles. The SMILES string of the molecule is CN1C(=O)C(c2ccc(OS(C)(=O)=O)cc2)(c2cccc(-c3ccc4[nH]ccc4c3)c2)N=C1N. The van der Waals surface area contributed by atoms with Gasteiger partial charge in [0.25, 0.3) is 5.91 Å². The van der Waals surface area contributed by atoms with Gasteiger partial charge in [-0.25, -0.2) is 4.99 Å². The Morgan fingerprint density at radius 1 is 0.971 bits per heavy atom. The molecule has 34 heavy (non-hydrogen) atoms. The monoisotopic (exact) mass is 474 g/mol. The zero-order valence-electron chi connectivity index (χ0n) is 18.5. The van der Waals surface area contributed by atoms with E-state index in [0.717, 1.165) is 28.3 Å². The first-order valence-corrected chi connectivity index (χ1v) is 12.3. The van der Waals surface area contributed by atoms with Crippen LogP contribution >= 0.6 is 0 Å². The van der Waals surface area contributed by atoms with E-state index in [1.807, 2.05) is 48.7 Å². The molecule has 3 N–H and O–H groups in total. The van der Waals surface area contributed by atoms with Gasteiger partial charge in [-0.3, -0.25) is 9.69 Å². The van der Waals surface area contributed by atoms with Crippen molar-refractivity contribution < 1.29 is 17.4 Å². The second kappa shape index (κ2) is 7.74. The number of fused-ring (bicyclic) bond motifs is 1.